The molecule has 1 aliphatic rings. The Morgan fingerprint density at radius 3 is 2.37 bits per heavy atom. The van der Waals surface area contributed by atoms with Crippen LogP contribution in [0, 0.1) is 5.82 Å². The van der Waals surface area contributed by atoms with Gasteiger partial charge in [-0.1, -0.05) is 11.8 Å². The van der Waals surface area contributed by atoms with Crippen molar-refractivity contribution in [1.82, 2.24) is 24.6 Å². The Balaban J connectivity index is 1.92. The molecule has 1 aromatic heterocycles. The van der Waals surface area contributed by atoms with E-state index in [2.05, 4.69) is 10.2 Å². The number of halogens is 1. The summed E-state index contributed by atoms with van der Waals surface area (Å²) in [5.41, 5.74) is 0.786. The highest BCUT2D eigenvalue weighted by atomic mass is 32.2. The molecule has 0 N–H and O–H groups in total. The summed E-state index contributed by atoms with van der Waals surface area (Å²) < 4.78 is 15.3. The highest BCUT2D eigenvalue weighted by Crippen LogP contribution is 2.30. The van der Waals surface area contributed by atoms with E-state index in [9.17, 15) is 9.18 Å². The van der Waals surface area contributed by atoms with Gasteiger partial charge < -0.3 is 4.90 Å². The quantitative estimate of drug-likeness (QED) is 0.708. The minimum atomic E-state index is -0.291. The Morgan fingerprint density at radius 2 is 1.78 bits per heavy atom. The summed E-state index contributed by atoms with van der Waals surface area (Å²) in [5, 5.41) is 9.12. The molecule has 27 heavy (non-hydrogen) atoms. The molecule has 8 heteroatoms. The lowest BCUT2D eigenvalue weighted by Gasteiger charge is -2.22. The number of rotatable bonds is 6. The van der Waals surface area contributed by atoms with Crippen LogP contribution in [0.3, 0.4) is 0 Å². The molecule has 0 spiro atoms. The predicted molar refractivity (Wildman–Crippen MR) is 105 cm³/mol. The van der Waals surface area contributed by atoms with Crippen LogP contribution in [0.1, 0.15) is 38.6 Å². The molecule has 0 aliphatic carbocycles. The Hall–Kier alpha value is -1.93. The zero-order valence-corrected chi connectivity index (χ0v) is 17.0. The number of amides is 1. The zero-order valence-electron chi connectivity index (χ0n) is 16.2. The number of nitrogens with zero attached hydrogens (tertiary/aromatic N) is 5. The monoisotopic (exact) mass is 391 g/mol. The molecule has 1 amide bonds. The number of hydrogen-bond acceptors (Lipinski definition) is 5. The van der Waals surface area contributed by atoms with Gasteiger partial charge in [-0.2, -0.15) is 0 Å². The van der Waals surface area contributed by atoms with Crippen LogP contribution in [0.15, 0.2) is 29.4 Å². The number of hydrogen-bond donors (Lipinski definition) is 0. The molecule has 146 valence electrons. The van der Waals surface area contributed by atoms with Gasteiger partial charge in [0.05, 0.1) is 11.3 Å². The van der Waals surface area contributed by atoms with E-state index in [4.69, 9.17) is 0 Å². The van der Waals surface area contributed by atoms with Crippen LogP contribution in [0.2, 0.25) is 0 Å². The molecule has 0 radical (unpaired) electrons. The van der Waals surface area contributed by atoms with Gasteiger partial charge in [0.2, 0.25) is 5.91 Å². The van der Waals surface area contributed by atoms with E-state index in [-0.39, 0.29) is 23.0 Å². The number of carbonyl (C=O) groups excluding carboxylic acids is 1. The summed E-state index contributed by atoms with van der Waals surface area (Å²) in [7, 11) is 3.95. The third-order valence-electron chi connectivity index (χ3n) is 4.94. The Bertz CT molecular complexity index is 786. The number of carbonyl (C=O) groups is 1. The highest BCUT2D eigenvalue weighted by Gasteiger charge is 2.27. The van der Waals surface area contributed by atoms with E-state index in [1.807, 2.05) is 42.3 Å². The van der Waals surface area contributed by atoms with Crippen molar-refractivity contribution in [3.05, 3.63) is 35.9 Å². The Morgan fingerprint density at radius 1 is 1.15 bits per heavy atom. The molecule has 0 bridgehead atoms. The van der Waals surface area contributed by atoms with Gasteiger partial charge in [0, 0.05) is 18.8 Å². The minimum Gasteiger partial charge on any atom is -0.342 e. The smallest absolute Gasteiger partial charge is 0.235 e. The van der Waals surface area contributed by atoms with Crippen molar-refractivity contribution in [3.8, 4) is 5.69 Å². The third kappa shape index (κ3) is 4.32. The molecule has 1 saturated heterocycles. The maximum atomic E-state index is 13.4. The van der Waals surface area contributed by atoms with E-state index in [0.717, 1.165) is 37.4 Å². The van der Waals surface area contributed by atoms with E-state index in [1.54, 1.807) is 12.1 Å². The van der Waals surface area contributed by atoms with Crippen LogP contribution >= 0.6 is 11.8 Å². The molecule has 2 atom stereocenters. The van der Waals surface area contributed by atoms with Gasteiger partial charge in [-0.05, 0) is 65.0 Å². The fourth-order valence-corrected chi connectivity index (χ4v) is 4.05. The average molecular weight is 392 g/mol. The van der Waals surface area contributed by atoms with Gasteiger partial charge in [0.1, 0.15) is 5.82 Å². The first-order valence-corrected chi connectivity index (χ1v) is 10.1. The number of aromatic nitrogens is 3. The van der Waals surface area contributed by atoms with E-state index in [0.29, 0.717) is 5.16 Å². The third-order valence-corrected chi connectivity index (χ3v) is 5.97. The predicted octanol–water partition coefficient (Wildman–Crippen LogP) is 3.13. The van der Waals surface area contributed by atoms with Crippen molar-refractivity contribution in [2.75, 3.05) is 27.2 Å². The van der Waals surface area contributed by atoms with E-state index < -0.39 is 0 Å². The van der Waals surface area contributed by atoms with Gasteiger partial charge >= 0.3 is 0 Å². The first-order chi connectivity index (χ1) is 12.9. The fraction of sp³-hybridized carbons (Fsp3) is 0.526. The van der Waals surface area contributed by atoms with Crippen LogP contribution < -0.4 is 0 Å². The molecule has 1 aliphatic heterocycles. The van der Waals surface area contributed by atoms with Crippen molar-refractivity contribution >= 4 is 17.7 Å². The molecule has 3 rings (SSSR count). The lowest BCUT2D eigenvalue weighted by molar-refractivity contribution is -0.129. The van der Waals surface area contributed by atoms with Crippen LogP contribution in [-0.4, -0.2) is 62.9 Å². The molecule has 1 aromatic carbocycles. The number of likely N-dealkylation sites (tertiary alicyclic amines) is 1. The van der Waals surface area contributed by atoms with Crippen molar-refractivity contribution in [3.63, 3.8) is 0 Å². The zero-order chi connectivity index (χ0) is 19.6. The highest BCUT2D eigenvalue weighted by molar-refractivity contribution is 8.00. The maximum Gasteiger partial charge on any atom is 0.235 e. The summed E-state index contributed by atoms with van der Waals surface area (Å²) in [5.74, 6) is 0.601. The van der Waals surface area contributed by atoms with Gasteiger partial charge in [-0.3, -0.25) is 14.3 Å². The number of thioether (sulfide) groups is 1. The summed E-state index contributed by atoms with van der Waals surface area (Å²) in [6.45, 7) is 5.61. The van der Waals surface area contributed by atoms with Crippen molar-refractivity contribution in [1.29, 1.82) is 0 Å². The standard InChI is InChI=1S/C19H26FN5OS/c1-13(23(3)4)17-21-22-19(25(17)16-9-7-15(20)8-10-16)27-14(2)18(26)24-11-5-6-12-24/h7-10,13-14H,5-6,11-12H2,1-4H3/t13-,14+/m1/s1. The van der Waals surface area contributed by atoms with Crippen LogP contribution in [0.5, 0.6) is 0 Å². The fourth-order valence-electron chi connectivity index (χ4n) is 3.10. The lowest BCUT2D eigenvalue weighted by Crippen LogP contribution is -2.34. The van der Waals surface area contributed by atoms with Crippen LogP contribution in [0.4, 0.5) is 4.39 Å². The second-order valence-electron chi connectivity index (χ2n) is 7.08. The summed E-state index contributed by atoms with van der Waals surface area (Å²) in [6, 6.07) is 6.28. The lowest BCUT2D eigenvalue weighted by atomic mass is 10.2. The van der Waals surface area contributed by atoms with Crippen LogP contribution in [0.25, 0.3) is 5.69 Å². The molecular formula is C19H26FN5OS. The SMILES string of the molecule is C[C@H](Sc1nnc([C@@H](C)N(C)C)n1-c1ccc(F)cc1)C(=O)N1CCCC1. The first kappa shape index (κ1) is 19.8. The summed E-state index contributed by atoms with van der Waals surface area (Å²) in [6.07, 6.45) is 2.14. The van der Waals surface area contributed by atoms with Gasteiger partial charge in [0.25, 0.3) is 0 Å². The second kappa shape index (κ2) is 8.39. The molecule has 1 fully saturated rings. The molecule has 0 unspecified atom stereocenters. The minimum absolute atomic E-state index is 0.0153. The van der Waals surface area contributed by atoms with Gasteiger partial charge in [-0.15, -0.1) is 10.2 Å². The average Bonchev–Trinajstić information content (AvgIpc) is 3.31. The molecule has 0 saturated carbocycles. The van der Waals surface area contributed by atoms with Crippen molar-refractivity contribution in [2.24, 2.45) is 0 Å². The van der Waals surface area contributed by atoms with E-state index in [1.165, 1.54) is 23.9 Å². The molecule has 6 nitrogen and oxygen atoms in total. The van der Waals surface area contributed by atoms with Gasteiger partial charge in [0.15, 0.2) is 11.0 Å². The maximum absolute atomic E-state index is 13.4. The van der Waals surface area contributed by atoms with E-state index >= 15 is 0 Å². The van der Waals surface area contributed by atoms with Crippen molar-refractivity contribution < 1.29 is 9.18 Å². The molecular weight excluding hydrogens is 365 g/mol. The van der Waals surface area contributed by atoms with Crippen LogP contribution in [-0.2, 0) is 4.79 Å². The first-order valence-electron chi connectivity index (χ1n) is 9.21. The van der Waals surface area contributed by atoms with Gasteiger partial charge in [-0.25, -0.2) is 4.39 Å². The summed E-state index contributed by atoms with van der Waals surface area (Å²) in [4.78, 5) is 16.6. The molecule has 2 aromatic rings. The topological polar surface area (TPSA) is 54.3 Å². The summed E-state index contributed by atoms with van der Waals surface area (Å²) >= 11 is 1.40. The largest absolute Gasteiger partial charge is 0.342 e. The second-order valence-corrected chi connectivity index (χ2v) is 8.39. The normalized spacial score (nSPS) is 16.7. The Labute approximate surface area is 163 Å². The number of benzene rings is 1. The Kier molecular flexibility index (Phi) is 6.16. The van der Waals surface area contributed by atoms with Crippen molar-refractivity contribution in [2.45, 2.75) is 43.1 Å². The molecule has 2 heterocycles.